The molecule has 0 unspecified atom stereocenters. The predicted molar refractivity (Wildman–Crippen MR) is 113 cm³/mol. The largest absolute Gasteiger partial charge is 0.349 e. The Morgan fingerprint density at radius 1 is 1.07 bits per heavy atom. The molecule has 0 amide bonds. The molecule has 0 aliphatic carbocycles. The zero-order chi connectivity index (χ0) is 21.3. The summed E-state index contributed by atoms with van der Waals surface area (Å²) in [4.78, 5) is 15.0. The van der Waals surface area contributed by atoms with E-state index in [1.807, 2.05) is 6.07 Å². The number of nitrogens with one attached hydrogen (secondary N) is 1. The Balaban J connectivity index is 1.76. The van der Waals surface area contributed by atoms with E-state index in [1.54, 1.807) is 49.2 Å². The van der Waals surface area contributed by atoms with Crippen LogP contribution in [0.1, 0.15) is 11.7 Å². The average molecular weight is 445 g/mol. The maximum Gasteiger partial charge on any atom is 0.263 e. The van der Waals surface area contributed by atoms with Gasteiger partial charge in [-0.05, 0) is 30.3 Å². The zero-order valence-electron chi connectivity index (χ0n) is 16.1. The first kappa shape index (κ1) is 20.0. The van der Waals surface area contributed by atoms with E-state index in [1.165, 1.54) is 12.1 Å². The zero-order valence-corrected chi connectivity index (χ0v) is 17.6. The number of aryl methyl sites for hydroxylation is 1. The van der Waals surface area contributed by atoms with Gasteiger partial charge in [0.25, 0.3) is 10.0 Å². The predicted octanol–water partition coefficient (Wildman–Crippen LogP) is 3.41. The molecule has 0 saturated heterocycles. The van der Waals surface area contributed by atoms with Gasteiger partial charge in [0.2, 0.25) is 5.89 Å². The number of nitrogens with zero attached hydrogens (tertiary/aromatic N) is 5. The van der Waals surface area contributed by atoms with E-state index in [9.17, 15) is 8.42 Å². The molecule has 2 heterocycles. The van der Waals surface area contributed by atoms with Gasteiger partial charge in [-0.1, -0.05) is 35.0 Å². The molecule has 2 aromatic heterocycles. The Bertz CT molecular complexity index is 1320. The first-order valence-corrected chi connectivity index (χ1v) is 10.7. The van der Waals surface area contributed by atoms with E-state index >= 15 is 0 Å². The van der Waals surface area contributed by atoms with Gasteiger partial charge < -0.3 is 9.42 Å². The number of halogens is 1. The van der Waals surface area contributed by atoms with Crippen molar-refractivity contribution >= 4 is 44.3 Å². The van der Waals surface area contributed by atoms with Crippen molar-refractivity contribution in [3.8, 4) is 0 Å². The third kappa shape index (κ3) is 4.19. The molecule has 0 aliphatic heterocycles. The quantitative estimate of drug-likeness (QED) is 0.481. The molecule has 4 rings (SSSR count). The van der Waals surface area contributed by atoms with Gasteiger partial charge in [-0.15, -0.1) is 0 Å². The number of aromatic nitrogens is 4. The molecule has 0 spiro atoms. The van der Waals surface area contributed by atoms with E-state index in [0.29, 0.717) is 33.6 Å². The van der Waals surface area contributed by atoms with Gasteiger partial charge in [0.1, 0.15) is 0 Å². The van der Waals surface area contributed by atoms with Crippen molar-refractivity contribution in [1.29, 1.82) is 0 Å². The molecule has 1 N–H and O–H groups in total. The van der Waals surface area contributed by atoms with Gasteiger partial charge in [-0.25, -0.2) is 18.4 Å². The highest BCUT2D eigenvalue weighted by molar-refractivity contribution is 7.92. The second-order valence-electron chi connectivity index (χ2n) is 6.53. The lowest BCUT2D eigenvalue weighted by Crippen LogP contribution is -2.23. The van der Waals surface area contributed by atoms with Crippen LogP contribution >= 0.6 is 11.6 Å². The second-order valence-corrected chi connectivity index (χ2v) is 8.65. The Kier molecular flexibility index (Phi) is 5.27. The van der Waals surface area contributed by atoms with Crippen molar-refractivity contribution in [2.45, 2.75) is 18.4 Å². The average Bonchev–Trinajstić information content (AvgIpc) is 3.11. The van der Waals surface area contributed by atoms with Crippen molar-refractivity contribution < 1.29 is 12.9 Å². The van der Waals surface area contributed by atoms with Gasteiger partial charge in [0, 0.05) is 19.0 Å². The first-order chi connectivity index (χ1) is 14.3. The molecule has 4 aromatic rings. The number of rotatable bonds is 6. The molecule has 0 fully saturated rings. The lowest BCUT2D eigenvalue weighted by atomic mass is 10.3. The highest BCUT2D eigenvalue weighted by Crippen LogP contribution is 2.28. The van der Waals surface area contributed by atoms with Crippen LogP contribution in [0.15, 0.2) is 57.9 Å². The fourth-order valence-electron chi connectivity index (χ4n) is 2.84. The molecule has 2 aromatic carbocycles. The van der Waals surface area contributed by atoms with E-state index in [4.69, 9.17) is 16.1 Å². The van der Waals surface area contributed by atoms with Crippen LogP contribution in [0.5, 0.6) is 0 Å². The third-order valence-corrected chi connectivity index (χ3v) is 5.77. The lowest BCUT2D eigenvalue weighted by Gasteiger charge is -2.20. The molecule has 0 atom stereocenters. The van der Waals surface area contributed by atoms with Crippen LogP contribution in [0.3, 0.4) is 0 Å². The summed E-state index contributed by atoms with van der Waals surface area (Å²) in [6.07, 6.45) is 0. The summed E-state index contributed by atoms with van der Waals surface area (Å²) in [7, 11) is -2.20. The van der Waals surface area contributed by atoms with Crippen LogP contribution in [-0.2, 0) is 16.6 Å². The Labute approximate surface area is 177 Å². The van der Waals surface area contributed by atoms with Crippen molar-refractivity contribution in [3.63, 3.8) is 0 Å². The molecular formula is C19H17ClN6O3S. The molecule has 11 heteroatoms. The van der Waals surface area contributed by atoms with Crippen LogP contribution in [-0.4, -0.2) is 35.6 Å². The maximum absolute atomic E-state index is 12.9. The number of sulfonamides is 1. The minimum atomic E-state index is -3.94. The van der Waals surface area contributed by atoms with Crippen molar-refractivity contribution in [3.05, 3.63) is 65.3 Å². The highest BCUT2D eigenvalue weighted by atomic mass is 35.5. The minimum Gasteiger partial charge on any atom is -0.349 e. The summed E-state index contributed by atoms with van der Waals surface area (Å²) >= 11 is 5.95. The van der Waals surface area contributed by atoms with Gasteiger partial charge in [0.05, 0.1) is 22.5 Å². The number of para-hydroxylation sites is 2. The molecule has 154 valence electrons. The van der Waals surface area contributed by atoms with Gasteiger partial charge in [0.15, 0.2) is 17.5 Å². The number of benzene rings is 2. The summed E-state index contributed by atoms with van der Waals surface area (Å²) in [5.41, 5.74) is 1.17. The van der Waals surface area contributed by atoms with Crippen LogP contribution < -0.4 is 9.62 Å². The highest BCUT2D eigenvalue weighted by Gasteiger charge is 2.21. The Morgan fingerprint density at radius 2 is 1.80 bits per heavy atom. The van der Waals surface area contributed by atoms with Crippen LogP contribution in [0.4, 0.5) is 11.6 Å². The summed E-state index contributed by atoms with van der Waals surface area (Å²) < 4.78 is 33.4. The summed E-state index contributed by atoms with van der Waals surface area (Å²) in [6.45, 7) is 1.94. The van der Waals surface area contributed by atoms with E-state index in [-0.39, 0.29) is 17.3 Å². The van der Waals surface area contributed by atoms with Crippen molar-refractivity contribution in [1.82, 2.24) is 20.1 Å². The number of hydrogen-bond acceptors (Lipinski definition) is 8. The Hall–Kier alpha value is -3.24. The van der Waals surface area contributed by atoms with E-state index in [0.717, 1.165) is 0 Å². The van der Waals surface area contributed by atoms with Gasteiger partial charge >= 0.3 is 0 Å². The van der Waals surface area contributed by atoms with Crippen molar-refractivity contribution in [2.24, 2.45) is 0 Å². The fraction of sp³-hybridized carbons (Fsp3) is 0.158. The number of fused-ring (bicyclic) bond motifs is 1. The normalized spacial score (nSPS) is 11.6. The molecule has 0 bridgehead atoms. The third-order valence-electron chi connectivity index (χ3n) is 4.20. The standard InChI is InChI=1S/C19H17ClN6O3S/c1-12-21-17(24-29-12)11-26(2)19-18(22-15-8-3-4-9-16(15)23-19)25-30(27,28)14-7-5-6-13(20)10-14/h3-10H,11H2,1-2H3,(H,22,25). The van der Waals surface area contributed by atoms with Gasteiger partial charge in [-0.2, -0.15) is 4.98 Å². The van der Waals surface area contributed by atoms with Crippen molar-refractivity contribution in [2.75, 3.05) is 16.7 Å². The monoisotopic (exact) mass is 444 g/mol. The molecule has 30 heavy (non-hydrogen) atoms. The lowest BCUT2D eigenvalue weighted by molar-refractivity contribution is 0.387. The topological polar surface area (TPSA) is 114 Å². The van der Waals surface area contributed by atoms with E-state index in [2.05, 4.69) is 24.8 Å². The Morgan fingerprint density at radius 3 is 2.47 bits per heavy atom. The summed E-state index contributed by atoms with van der Waals surface area (Å²) in [6, 6.07) is 13.2. The first-order valence-electron chi connectivity index (χ1n) is 8.87. The fourth-order valence-corrected chi connectivity index (χ4v) is 4.14. The molecule has 0 radical (unpaired) electrons. The summed E-state index contributed by atoms with van der Waals surface area (Å²) in [5.74, 6) is 1.27. The van der Waals surface area contributed by atoms with Crippen LogP contribution in [0, 0.1) is 6.92 Å². The minimum absolute atomic E-state index is 0.0207. The molecule has 9 nitrogen and oxygen atoms in total. The number of hydrogen-bond donors (Lipinski definition) is 1. The molecular weight excluding hydrogens is 428 g/mol. The van der Waals surface area contributed by atoms with Crippen LogP contribution in [0.2, 0.25) is 5.02 Å². The van der Waals surface area contributed by atoms with E-state index < -0.39 is 10.0 Å². The van der Waals surface area contributed by atoms with Gasteiger partial charge in [-0.3, -0.25) is 4.72 Å². The number of anilines is 2. The summed E-state index contributed by atoms with van der Waals surface area (Å²) in [5, 5.41) is 4.19. The second kappa shape index (κ2) is 7.88. The van der Waals surface area contributed by atoms with Crippen LogP contribution in [0.25, 0.3) is 11.0 Å². The SMILES string of the molecule is Cc1nc(CN(C)c2nc3ccccc3nc2NS(=O)(=O)c2cccc(Cl)c2)no1. The smallest absolute Gasteiger partial charge is 0.263 e. The molecule has 0 saturated carbocycles. The molecule has 0 aliphatic rings. The maximum atomic E-state index is 12.9.